The van der Waals surface area contributed by atoms with Gasteiger partial charge in [-0.3, -0.25) is 4.79 Å². The third-order valence-corrected chi connectivity index (χ3v) is 5.02. The fraction of sp³-hybridized carbons (Fsp3) is 0.562. The van der Waals surface area contributed by atoms with E-state index in [1.54, 1.807) is 0 Å². The van der Waals surface area contributed by atoms with Crippen molar-refractivity contribution in [1.82, 2.24) is 10.6 Å². The first kappa shape index (κ1) is 15.4. The van der Waals surface area contributed by atoms with Crippen LogP contribution in [0.4, 0.5) is 0 Å². The second-order valence-corrected chi connectivity index (χ2v) is 7.16. The summed E-state index contributed by atoms with van der Waals surface area (Å²) >= 11 is 1.97. The Hall–Kier alpha value is -1.00. The van der Waals surface area contributed by atoms with Crippen molar-refractivity contribution in [3.05, 3.63) is 35.9 Å². The van der Waals surface area contributed by atoms with Crippen LogP contribution in [0, 0.1) is 5.41 Å². The second-order valence-electron chi connectivity index (χ2n) is 6.01. The standard InChI is InChI=1S/C16H24N2OS/c1-16(2)8-9-20-12-14(16)17-11-15(19)18-10-13-6-4-3-5-7-13/h3-7,14,17H,8-12H2,1-2H3,(H,18,19). The van der Waals surface area contributed by atoms with Gasteiger partial charge in [-0.1, -0.05) is 44.2 Å². The molecular formula is C16H24N2OS. The van der Waals surface area contributed by atoms with Gasteiger partial charge in [0.15, 0.2) is 0 Å². The van der Waals surface area contributed by atoms with E-state index in [1.807, 2.05) is 42.1 Å². The molecule has 0 aromatic heterocycles. The highest BCUT2D eigenvalue weighted by Gasteiger charge is 2.32. The molecule has 0 radical (unpaired) electrons. The van der Waals surface area contributed by atoms with Crippen molar-refractivity contribution < 1.29 is 4.79 Å². The molecule has 20 heavy (non-hydrogen) atoms. The van der Waals surface area contributed by atoms with Gasteiger partial charge in [-0.2, -0.15) is 11.8 Å². The van der Waals surface area contributed by atoms with Crippen LogP contribution >= 0.6 is 11.8 Å². The molecule has 1 aliphatic heterocycles. The summed E-state index contributed by atoms with van der Waals surface area (Å²) in [6, 6.07) is 10.4. The monoisotopic (exact) mass is 292 g/mol. The van der Waals surface area contributed by atoms with Gasteiger partial charge >= 0.3 is 0 Å². The van der Waals surface area contributed by atoms with Crippen LogP contribution in [0.2, 0.25) is 0 Å². The fourth-order valence-electron chi connectivity index (χ4n) is 2.35. The maximum atomic E-state index is 11.9. The number of rotatable bonds is 5. The zero-order chi connectivity index (χ0) is 14.4. The first-order valence-electron chi connectivity index (χ1n) is 7.20. The van der Waals surface area contributed by atoms with E-state index in [9.17, 15) is 4.79 Å². The van der Waals surface area contributed by atoms with Crippen LogP contribution in [0.1, 0.15) is 25.8 Å². The number of carbonyl (C=O) groups excluding carboxylic acids is 1. The maximum Gasteiger partial charge on any atom is 0.234 e. The second kappa shape index (κ2) is 7.14. The van der Waals surface area contributed by atoms with E-state index in [0.717, 1.165) is 11.3 Å². The van der Waals surface area contributed by atoms with Crippen LogP contribution in [-0.2, 0) is 11.3 Å². The van der Waals surface area contributed by atoms with Crippen molar-refractivity contribution in [2.45, 2.75) is 32.9 Å². The lowest BCUT2D eigenvalue weighted by atomic mass is 9.82. The van der Waals surface area contributed by atoms with Gasteiger partial charge in [0.25, 0.3) is 0 Å². The summed E-state index contributed by atoms with van der Waals surface area (Å²) in [6.07, 6.45) is 1.21. The third kappa shape index (κ3) is 4.53. The van der Waals surface area contributed by atoms with E-state index in [2.05, 4.69) is 24.5 Å². The van der Waals surface area contributed by atoms with E-state index in [0.29, 0.717) is 19.1 Å². The largest absolute Gasteiger partial charge is 0.351 e. The molecule has 0 saturated carbocycles. The Morgan fingerprint density at radius 3 is 2.80 bits per heavy atom. The first-order valence-corrected chi connectivity index (χ1v) is 8.35. The quantitative estimate of drug-likeness (QED) is 0.876. The summed E-state index contributed by atoms with van der Waals surface area (Å²) in [4.78, 5) is 11.9. The molecule has 1 heterocycles. The molecule has 1 fully saturated rings. The number of amides is 1. The number of hydrogen-bond donors (Lipinski definition) is 2. The lowest BCUT2D eigenvalue weighted by molar-refractivity contribution is -0.120. The van der Waals surface area contributed by atoms with Crippen LogP contribution in [-0.4, -0.2) is 30.0 Å². The molecule has 2 rings (SSSR count). The Morgan fingerprint density at radius 1 is 1.35 bits per heavy atom. The Bertz CT molecular complexity index is 433. The molecule has 0 bridgehead atoms. The molecule has 110 valence electrons. The van der Waals surface area contributed by atoms with Crippen LogP contribution in [0.25, 0.3) is 0 Å². The van der Waals surface area contributed by atoms with Crippen molar-refractivity contribution in [1.29, 1.82) is 0 Å². The molecular weight excluding hydrogens is 268 g/mol. The fourth-order valence-corrected chi connectivity index (χ4v) is 3.99. The summed E-state index contributed by atoms with van der Waals surface area (Å²) in [5.41, 5.74) is 1.42. The van der Waals surface area contributed by atoms with Crippen LogP contribution in [0.3, 0.4) is 0 Å². The van der Waals surface area contributed by atoms with Gasteiger partial charge in [0.2, 0.25) is 5.91 Å². The maximum absolute atomic E-state index is 11.9. The summed E-state index contributed by atoms with van der Waals surface area (Å²) in [7, 11) is 0. The predicted octanol–water partition coefficient (Wildman–Crippen LogP) is 2.42. The first-order chi connectivity index (χ1) is 9.58. The lowest BCUT2D eigenvalue weighted by Crippen LogP contribution is -2.49. The summed E-state index contributed by atoms with van der Waals surface area (Å²) in [5.74, 6) is 2.39. The molecule has 0 aliphatic carbocycles. The van der Waals surface area contributed by atoms with Gasteiger partial charge in [-0.15, -0.1) is 0 Å². The lowest BCUT2D eigenvalue weighted by Gasteiger charge is -2.38. The SMILES string of the molecule is CC1(C)CCSCC1NCC(=O)NCc1ccccc1. The molecule has 1 aromatic carbocycles. The highest BCUT2D eigenvalue weighted by atomic mass is 32.2. The number of nitrogens with one attached hydrogen (secondary N) is 2. The average molecular weight is 292 g/mol. The van der Waals surface area contributed by atoms with E-state index in [1.165, 1.54) is 12.2 Å². The predicted molar refractivity (Wildman–Crippen MR) is 85.8 cm³/mol. The van der Waals surface area contributed by atoms with Crippen LogP contribution in [0.15, 0.2) is 30.3 Å². The van der Waals surface area contributed by atoms with E-state index >= 15 is 0 Å². The normalized spacial score (nSPS) is 21.4. The topological polar surface area (TPSA) is 41.1 Å². The summed E-state index contributed by atoms with van der Waals surface area (Å²) < 4.78 is 0. The van der Waals surface area contributed by atoms with Crippen molar-refractivity contribution in [3.8, 4) is 0 Å². The zero-order valence-corrected chi connectivity index (χ0v) is 13.1. The van der Waals surface area contributed by atoms with Crippen molar-refractivity contribution in [3.63, 3.8) is 0 Å². The van der Waals surface area contributed by atoms with Crippen molar-refractivity contribution in [2.75, 3.05) is 18.1 Å². The van der Waals surface area contributed by atoms with Crippen molar-refractivity contribution in [2.24, 2.45) is 5.41 Å². The number of carbonyl (C=O) groups is 1. The van der Waals surface area contributed by atoms with Crippen molar-refractivity contribution >= 4 is 17.7 Å². The van der Waals surface area contributed by atoms with Gasteiger partial charge in [-0.05, 0) is 23.2 Å². The van der Waals surface area contributed by atoms with E-state index in [-0.39, 0.29) is 11.3 Å². The number of hydrogen-bond acceptors (Lipinski definition) is 3. The molecule has 1 aromatic rings. The van der Waals surface area contributed by atoms with Crippen LogP contribution < -0.4 is 10.6 Å². The van der Waals surface area contributed by atoms with Gasteiger partial charge in [0.05, 0.1) is 6.54 Å². The molecule has 1 unspecified atom stereocenters. The van der Waals surface area contributed by atoms with E-state index in [4.69, 9.17) is 0 Å². The molecule has 1 atom stereocenters. The number of thioether (sulfide) groups is 1. The zero-order valence-electron chi connectivity index (χ0n) is 12.3. The van der Waals surface area contributed by atoms with Gasteiger partial charge in [0.1, 0.15) is 0 Å². The Balaban J connectivity index is 1.72. The highest BCUT2D eigenvalue weighted by Crippen LogP contribution is 2.33. The highest BCUT2D eigenvalue weighted by molar-refractivity contribution is 7.99. The average Bonchev–Trinajstić information content (AvgIpc) is 2.44. The molecule has 1 saturated heterocycles. The molecule has 0 spiro atoms. The minimum Gasteiger partial charge on any atom is -0.351 e. The molecule has 2 N–H and O–H groups in total. The number of benzene rings is 1. The van der Waals surface area contributed by atoms with Gasteiger partial charge in [-0.25, -0.2) is 0 Å². The Labute approximate surface area is 125 Å². The molecule has 1 amide bonds. The molecule has 3 nitrogen and oxygen atoms in total. The minimum atomic E-state index is 0.0697. The van der Waals surface area contributed by atoms with Gasteiger partial charge < -0.3 is 10.6 Å². The smallest absolute Gasteiger partial charge is 0.234 e. The minimum absolute atomic E-state index is 0.0697. The summed E-state index contributed by atoms with van der Waals surface area (Å²) in [6.45, 7) is 5.57. The van der Waals surface area contributed by atoms with Gasteiger partial charge in [0, 0.05) is 18.3 Å². The summed E-state index contributed by atoms with van der Waals surface area (Å²) in [5, 5.41) is 6.37. The Morgan fingerprint density at radius 2 is 2.10 bits per heavy atom. The third-order valence-electron chi connectivity index (χ3n) is 3.96. The molecule has 4 heteroatoms. The van der Waals surface area contributed by atoms with E-state index < -0.39 is 0 Å². The van der Waals surface area contributed by atoms with Crippen LogP contribution in [0.5, 0.6) is 0 Å². The molecule has 1 aliphatic rings. The Kier molecular flexibility index (Phi) is 5.49.